The van der Waals surface area contributed by atoms with Crippen molar-refractivity contribution >= 4 is 5.91 Å². The second-order valence-corrected chi connectivity index (χ2v) is 4.69. The zero-order chi connectivity index (χ0) is 14.4. The largest absolute Gasteiger partial charge is 0.497 e. The van der Waals surface area contributed by atoms with Crippen LogP contribution in [0.3, 0.4) is 0 Å². The Hall–Kier alpha value is -2.30. The van der Waals surface area contributed by atoms with Crippen molar-refractivity contribution in [2.24, 2.45) is 0 Å². The van der Waals surface area contributed by atoms with Gasteiger partial charge >= 0.3 is 0 Å². The molecule has 1 aromatic heterocycles. The van der Waals surface area contributed by atoms with Gasteiger partial charge in [0.05, 0.1) is 7.11 Å². The van der Waals surface area contributed by atoms with E-state index in [1.807, 2.05) is 12.1 Å². The van der Waals surface area contributed by atoms with Gasteiger partial charge in [-0.1, -0.05) is 19.1 Å². The van der Waals surface area contributed by atoms with Crippen LogP contribution in [0.5, 0.6) is 5.75 Å². The molecule has 0 aliphatic heterocycles. The summed E-state index contributed by atoms with van der Waals surface area (Å²) < 4.78 is 5.14. The first kappa shape index (κ1) is 14.1. The predicted molar refractivity (Wildman–Crippen MR) is 76.9 cm³/mol. The van der Waals surface area contributed by atoms with Gasteiger partial charge in [-0.2, -0.15) is 5.10 Å². The first-order chi connectivity index (χ1) is 9.70. The number of aromatic amines is 1. The number of benzene rings is 1. The number of carbonyl (C=O) groups is 1. The Balaban J connectivity index is 1.79. The number of rotatable bonds is 6. The zero-order valence-corrected chi connectivity index (χ0v) is 11.7. The standard InChI is InChI=1S/C15H19N3O2/c1-11(12-3-5-13(20-2)6-4-12)7-9-16-15(19)14-8-10-17-18-14/h3-6,8,10-11H,7,9H2,1-2H3,(H,16,19)(H,17,18). The summed E-state index contributed by atoms with van der Waals surface area (Å²) in [6.07, 6.45) is 2.45. The van der Waals surface area contributed by atoms with Gasteiger partial charge in [0.1, 0.15) is 11.4 Å². The highest BCUT2D eigenvalue weighted by Crippen LogP contribution is 2.21. The summed E-state index contributed by atoms with van der Waals surface area (Å²) in [5.74, 6) is 1.11. The molecule has 0 aliphatic rings. The van der Waals surface area contributed by atoms with Crippen molar-refractivity contribution in [3.05, 3.63) is 47.8 Å². The van der Waals surface area contributed by atoms with Crippen LogP contribution >= 0.6 is 0 Å². The minimum Gasteiger partial charge on any atom is -0.497 e. The maximum atomic E-state index is 11.7. The highest BCUT2D eigenvalue weighted by atomic mass is 16.5. The summed E-state index contributed by atoms with van der Waals surface area (Å²) in [6.45, 7) is 2.77. The lowest BCUT2D eigenvalue weighted by Gasteiger charge is -2.12. The summed E-state index contributed by atoms with van der Waals surface area (Å²) in [5, 5.41) is 9.27. The first-order valence-corrected chi connectivity index (χ1v) is 6.62. The number of nitrogens with one attached hydrogen (secondary N) is 2. The lowest BCUT2D eigenvalue weighted by atomic mass is 9.98. The highest BCUT2D eigenvalue weighted by molar-refractivity contribution is 5.92. The van der Waals surface area contributed by atoms with E-state index in [1.165, 1.54) is 5.56 Å². The van der Waals surface area contributed by atoms with Gasteiger partial charge in [0.25, 0.3) is 5.91 Å². The molecule has 0 saturated heterocycles. The van der Waals surface area contributed by atoms with E-state index in [1.54, 1.807) is 19.4 Å². The molecule has 1 unspecified atom stereocenters. The van der Waals surface area contributed by atoms with Crippen molar-refractivity contribution in [1.82, 2.24) is 15.5 Å². The molecule has 1 heterocycles. The topological polar surface area (TPSA) is 67.0 Å². The Morgan fingerprint density at radius 1 is 1.35 bits per heavy atom. The molecule has 5 heteroatoms. The number of hydrogen-bond acceptors (Lipinski definition) is 3. The molecule has 0 spiro atoms. The fourth-order valence-electron chi connectivity index (χ4n) is 1.98. The summed E-state index contributed by atoms with van der Waals surface area (Å²) in [5.41, 5.74) is 1.73. The van der Waals surface area contributed by atoms with Gasteiger partial charge in [0.15, 0.2) is 0 Å². The lowest BCUT2D eigenvalue weighted by molar-refractivity contribution is 0.0947. The van der Waals surface area contributed by atoms with Gasteiger partial charge in [-0.3, -0.25) is 9.89 Å². The molecule has 0 saturated carbocycles. The van der Waals surface area contributed by atoms with E-state index < -0.39 is 0 Å². The number of hydrogen-bond donors (Lipinski definition) is 2. The molecule has 2 aromatic rings. The van der Waals surface area contributed by atoms with Gasteiger partial charge in [-0.15, -0.1) is 0 Å². The third kappa shape index (κ3) is 3.60. The van der Waals surface area contributed by atoms with E-state index in [-0.39, 0.29) is 5.91 Å². The van der Waals surface area contributed by atoms with Gasteiger partial charge in [0, 0.05) is 12.7 Å². The highest BCUT2D eigenvalue weighted by Gasteiger charge is 2.09. The summed E-state index contributed by atoms with van der Waals surface area (Å²) in [4.78, 5) is 11.7. The fourth-order valence-corrected chi connectivity index (χ4v) is 1.98. The van der Waals surface area contributed by atoms with E-state index in [0.717, 1.165) is 12.2 Å². The minimum atomic E-state index is -0.121. The van der Waals surface area contributed by atoms with Crippen molar-refractivity contribution < 1.29 is 9.53 Å². The summed E-state index contributed by atoms with van der Waals surface area (Å²) in [6, 6.07) is 9.67. The molecule has 0 bridgehead atoms. The fraction of sp³-hybridized carbons (Fsp3) is 0.333. The number of nitrogens with zero attached hydrogens (tertiary/aromatic N) is 1. The maximum absolute atomic E-state index is 11.7. The van der Waals surface area contributed by atoms with E-state index in [4.69, 9.17) is 4.74 Å². The second-order valence-electron chi connectivity index (χ2n) is 4.69. The molecule has 20 heavy (non-hydrogen) atoms. The average Bonchev–Trinajstić information content (AvgIpc) is 3.01. The van der Waals surface area contributed by atoms with Crippen LogP contribution in [0.4, 0.5) is 0 Å². The molecule has 1 atom stereocenters. The van der Waals surface area contributed by atoms with Crippen LogP contribution in [-0.2, 0) is 0 Å². The van der Waals surface area contributed by atoms with Crippen molar-refractivity contribution in [2.75, 3.05) is 13.7 Å². The van der Waals surface area contributed by atoms with Crippen molar-refractivity contribution in [2.45, 2.75) is 19.3 Å². The van der Waals surface area contributed by atoms with Gasteiger partial charge in [-0.25, -0.2) is 0 Å². The Morgan fingerprint density at radius 2 is 2.10 bits per heavy atom. The van der Waals surface area contributed by atoms with Crippen molar-refractivity contribution in [3.8, 4) is 5.75 Å². The molecule has 1 aromatic carbocycles. The third-order valence-electron chi connectivity index (χ3n) is 3.29. The molecule has 0 aliphatic carbocycles. The quantitative estimate of drug-likeness (QED) is 0.849. The minimum absolute atomic E-state index is 0.121. The molecular formula is C15H19N3O2. The number of aromatic nitrogens is 2. The van der Waals surface area contributed by atoms with E-state index in [9.17, 15) is 4.79 Å². The second kappa shape index (κ2) is 6.75. The normalized spacial score (nSPS) is 11.9. The van der Waals surface area contributed by atoms with E-state index in [0.29, 0.717) is 18.2 Å². The van der Waals surface area contributed by atoms with Crippen LogP contribution in [0.15, 0.2) is 36.5 Å². The number of carbonyl (C=O) groups excluding carboxylic acids is 1. The predicted octanol–water partition coefficient (Wildman–Crippen LogP) is 2.34. The molecule has 2 N–H and O–H groups in total. The SMILES string of the molecule is COc1ccc(C(C)CCNC(=O)c2ccn[nH]2)cc1. The molecule has 0 fully saturated rings. The Labute approximate surface area is 118 Å². The van der Waals surface area contributed by atoms with Crippen LogP contribution in [0.2, 0.25) is 0 Å². The molecular weight excluding hydrogens is 254 g/mol. The first-order valence-electron chi connectivity index (χ1n) is 6.62. The van der Waals surface area contributed by atoms with Crippen LogP contribution in [0.25, 0.3) is 0 Å². The number of methoxy groups -OCH3 is 1. The molecule has 1 amide bonds. The van der Waals surface area contributed by atoms with Crippen LogP contribution < -0.4 is 10.1 Å². The number of amides is 1. The monoisotopic (exact) mass is 273 g/mol. The number of H-pyrrole nitrogens is 1. The van der Waals surface area contributed by atoms with Gasteiger partial charge in [-0.05, 0) is 36.1 Å². The Kier molecular flexibility index (Phi) is 4.76. The van der Waals surface area contributed by atoms with Crippen LogP contribution in [-0.4, -0.2) is 29.8 Å². The smallest absolute Gasteiger partial charge is 0.269 e. The lowest BCUT2D eigenvalue weighted by Crippen LogP contribution is -2.25. The summed E-state index contributed by atoms with van der Waals surface area (Å²) >= 11 is 0. The maximum Gasteiger partial charge on any atom is 0.269 e. The van der Waals surface area contributed by atoms with E-state index >= 15 is 0 Å². The molecule has 2 rings (SSSR count). The van der Waals surface area contributed by atoms with Gasteiger partial charge in [0.2, 0.25) is 0 Å². The van der Waals surface area contributed by atoms with Crippen molar-refractivity contribution in [3.63, 3.8) is 0 Å². The molecule has 5 nitrogen and oxygen atoms in total. The average molecular weight is 273 g/mol. The third-order valence-corrected chi connectivity index (χ3v) is 3.29. The molecule has 0 radical (unpaired) electrons. The van der Waals surface area contributed by atoms with Crippen LogP contribution in [0, 0.1) is 0 Å². The Morgan fingerprint density at radius 3 is 2.70 bits per heavy atom. The summed E-state index contributed by atoms with van der Waals surface area (Å²) in [7, 11) is 1.66. The molecule has 106 valence electrons. The van der Waals surface area contributed by atoms with Crippen LogP contribution in [0.1, 0.15) is 35.3 Å². The number of ether oxygens (including phenoxy) is 1. The van der Waals surface area contributed by atoms with Gasteiger partial charge < -0.3 is 10.1 Å². The Bertz CT molecular complexity index is 535. The zero-order valence-electron chi connectivity index (χ0n) is 11.7. The van der Waals surface area contributed by atoms with Crippen molar-refractivity contribution in [1.29, 1.82) is 0 Å². The van der Waals surface area contributed by atoms with E-state index in [2.05, 4.69) is 34.6 Å².